The van der Waals surface area contributed by atoms with Crippen molar-refractivity contribution in [2.24, 2.45) is 0 Å². The lowest BCUT2D eigenvalue weighted by molar-refractivity contribution is -0.384. The molecule has 2 heterocycles. The number of allylic oxidation sites excluding steroid dienone is 2. The molecule has 1 saturated heterocycles. The van der Waals surface area contributed by atoms with Crippen molar-refractivity contribution in [3.05, 3.63) is 92.8 Å². The number of rotatable bonds is 11. The first-order valence-corrected chi connectivity index (χ1v) is 13.6. The average Bonchev–Trinajstić information content (AvgIpc) is 2.97. The molecule has 2 aromatic carbocycles. The Labute approximate surface area is 239 Å². The second kappa shape index (κ2) is 13.9. The highest BCUT2D eigenvalue weighted by molar-refractivity contribution is 6.00. The molecule has 2 aromatic rings. The van der Waals surface area contributed by atoms with Crippen LogP contribution in [-0.4, -0.2) is 81.4 Å². The highest BCUT2D eigenvalue weighted by Crippen LogP contribution is 2.40. The maximum atomic E-state index is 13.5. The molecule has 4 rings (SSSR count). The van der Waals surface area contributed by atoms with Crippen LogP contribution in [0.3, 0.4) is 0 Å². The number of nitrogens with zero attached hydrogens (tertiary/aromatic N) is 3. The summed E-state index contributed by atoms with van der Waals surface area (Å²) >= 11 is 0. The predicted octanol–water partition coefficient (Wildman–Crippen LogP) is 3.38. The number of hydrogen-bond acceptors (Lipinski definition) is 10. The fraction of sp³-hybridized carbons (Fsp3) is 0.400. The van der Waals surface area contributed by atoms with E-state index in [2.05, 4.69) is 27.2 Å². The molecular weight excluding hydrogens is 528 g/mol. The van der Waals surface area contributed by atoms with Crippen LogP contribution in [0, 0.1) is 10.1 Å². The Kier molecular flexibility index (Phi) is 10.1. The van der Waals surface area contributed by atoms with Gasteiger partial charge >= 0.3 is 11.9 Å². The van der Waals surface area contributed by atoms with Crippen molar-refractivity contribution in [2.75, 3.05) is 64.6 Å². The minimum atomic E-state index is -0.909. The molecule has 2 aliphatic rings. The highest BCUT2D eigenvalue weighted by atomic mass is 16.6. The number of benzene rings is 2. The predicted molar refractivity (Wildman–Crippen MR) is 153 cm³/mol. The second-order valence-electron chi connectivity index (χ2n) is 9.92. The lowest BCUT2D eigenvalue weighted by Gasteiger charge is -2.36. The summed E-state index contributed by atoms with van der Waals surface area (Å²) in [5.41, 5.74) is 2.87. The number of anilines is 1. The summed E-state index contributed by atoms with van der Waals surface area (Å²) in [6, 6.07) is 16.2. The summed E-state index contributed by atoms with van der Waals surface area (Å²) in [4.78, 5) is 42.4. The van der Waals surface area contributed by atoms with Gasteiger partial charge in [-0.1, -0.05) is 30.3 Å². The van der Waals surface area contributed by atoms with Crippen molar-refractivity contribution in [1.29, 1.82) is 0 Å². The number of nitro benzene ring substituents is 1. The van der Waals surface area contributed by atoms with Gasteiger partial charge in [-0.3, -0.25) is 15.0 Å². The average molecular weight is 565 g/mol. The molecule has 2 aliphatic heterocycles. The summed E-state index contributed by atoms with van der Waals surface area (Å²) in [5.74, 6) is -2.14. The molecule has 0 radical (unpaired) electrons. The Morgan fingerprint density at radius 1 is 0.902 bits per heavy atom. The standard InChI is InChI=1S/C30H36N4O7/c1-21-26(29(35)40-17-16-32-12-14-33(15-13-32)24-9-5-4-6-10-24)28(23-8-7-11-25(20-23)34(37)38)27(22(2)31-21)30(36)41-19-18-39-3/h4-11,20,28,31H,12-19H2,1-3H3. The van der Waals surface area contributed by atoms with Gasteiger partial charge in [0.15, 0.2) is 0 Å². The van der Waals surface area contributed by atoms with Crippen LogP contribution in [-0.2, 0) is 23.8 Å². The van der Waals surface area contributed by atoms with Crippen LogP contribution in [0.2, 0.25) is 0 Å². The van der Waals surface area contributed by atoms with Crippen LogP contribution in [0.4, 0.5) is 11.4 Å². The van der Waals surface area contributed by atoms with E-state index >= 15 is 0 Å². The molecule has 1 atom stereocenters. The van der Waals surface area contributed by atoms with E-state index in [1.54, 1.807) is 19.9 Å². The Morgan fingerprint density at radius 3 is 2.15 bits per heavy atom. The van der Waals surface area contributed by atoms with Gasteiger partial charge in [0.05, 0.1) is 28.6 Å². The fourth-order valence-electron chi connectivity index (χ4n) is 5.20. The van der Waals surface area contributed by atoms with Crippen LogP contribution >= 0.6 is 0 Å². The number of non-ortho nitro benzene ring substituents is 1. The van der Waals surface area contributed by atoms with Crippen molar-refractivity contribution in [3.63, 3.8) is 0 Å². The van der Waals surface area contributed by atoms with Crippen LogP contribution in [0.1, 0.15) is 25.3 Å². The SMILES string of the molecule is COCCOC(=O)C1=C(C)NC(C)=C(C(=O)OCCN2CCN(c3ccccc3)CC2)C1c1cccc([N+](=O)[O-])c1. The van der Waals surface area contributed by atoms with Crippen LogP contribution < -0.4 is 10.2 Å². The van der Waals surface area contributed by atoms with Gasteiger partial charge in [-0.05, 0) is 31.5 Å². The van der Waals surface area contributed by atoms with Gasteiger partial charge in [0.2, 0.25) is 0 Å². The monoisotopic (exact) mass is 564 g/mol. The number of ether oxygens (including phenoxy) is 3. The molecule has 41 heavy (non-hydrogen) atoms. The fourth-order valence-corrected chi connectivity index (χ4v) is 5.20. The lowest BCUT2D eigenvalue weighted by Crippen LogP contribution is -2.47. The molecule has 0 amide bonds. The Hall–Kier alpha value is -4.22. The number of carbonyl (C=O) groups excluding carboxylic acids is 2. The summed E-state index contributed by atoms with van der Waals surface area (Å²) in [6.07, 6.45) is 0. The molecule has 1 N–H and O–H groups in total. The zero-order valence-electron chi connectivity index (χ0n) is 23.6. The largest absolute Gasteiger partial charge is 0.461 e. The summed E-state index contributed by atoms with van der Waals surface area (Å²) < 4.78 is 16.1. The van der Waals surface area contributed by atoms with Gasteiger partial charge in [-0.2, -0.15) is 0 Å². The van der Waals surface area contributed by atoms with Crippen molar-refractivity contribution in [3.8, 4) is 0 Å². The Bertz CT molecular complexity index is 1320. The Morgan fingerprint density at radius 2 is 1.54 bits per heavy atom. The molecule has 11 nitrogen and oxygen atoms in total. The molecular formula is C30H36N4O7. The number of methoxy groups -OCH3 is 1. The zero-order chi connectivity index (χ0) is 29.4. The van der Waals surface area contributed by atoms with E-state index in [9.17, 15) is 19.7 Å². The number of hydrogen-bond donors (Lipinski definition) is 1. The first-order chi connectivity index (χ1) is 19.8. The number of nitro groups is 1. The van der Waals surface area contributed by atoms with E-state index in [0.29, 0.717) is 23.5 Å². The van der Waals surface area contributed by atoms with Crippen LogP contribution in [0.25, 0.3) is 0 Å². The minimum Gasteiger partial charge on any atom is -0.461 e. The van der Waals surface area contributed by atoms with Crippen LogP contribution in [0.5, 0.6) is 0 Å². The number of nitrogens with one attached hydrogen (secondary N) is 1. The number of esters is 2. The van der Waals surface area contributed by atoms with Crippen molar-refractivity contribution >= 4 is 23.3 Å². The van der Waals surface area contributed by atoms with Crippen molar-refractivity contribution in [1.82, 2.24) is 10.2 Å². The maximum Gasteiger partial charge on any atom is 0.336 e. The molecule has 11 heteroatoms. The molecule has 1 fully saturated rings. The molecule has 0 aromatic heterocycles. The molecule has 218 valence electrons. The third-order valence-corrected chi connectivity index (χ3v) is 7.27. The molecule has 1 unspecified atom stereocenters. The highest BCUT2D eigenvalue weighted by Gasteiger charge is 2.38. The van der Waals surface area contributed by atoms with Gasteiger partial charge in [-0.15, -0.1) is 0 Å². The summed E-state index contributed by atoms with van der Waals surface area (Å²) in [6.45, 7) is 7.81. The van der Waals surface area contributed by atoms with E-state index in [1.807, 2.05) is 18.2 Å². The van der Waals surface area contributed by atoms with Gasteiger partial charge in [0.25, 0.3) is 5.69 Å². The van der Waals surface area contributed by atoms with E-state index in [4.69, 9.17) is 14.2 Å². The number of carbonyl (C=O) groups is 2. The topological polar surface area (TPSA) is 123 Å². The summed E-state index contributed by atoms with van der Waals surface area (Å²) in [5, 5.41) is 14.6. The second-order valence-corrected chi connectivity index (χ2v) is 9.92. The molecule has 0 aliphatic carbocycles. The van der Waals surface area contributed by atoms with Gasteiger partial charge < -0.3 is 24.4 Å². The van der Waals surface area contributed by atoms with E-state index in [1.165, 1.54) is 31.0 Å². The normalized spacial score (nSPS) is 17.7. The minimum absolute atomic E-state index is 0.0216. The van der Waals surface area contributed by atoms with Gasteiger partial charge in [-0.25, -0.2) is 9.59 Å². The third kappa shape index (κ3) is 7.30. The number of para-hydroxylation sites is 1. The smallest absolute Gasteiger partial charge is 0.336 e. The first-order valence-electron chi connectivity index (χ1n) is 13.6. The maximum absolute atomic E-state index is 13.5. The van der Waals surface area contributed by atoms with E-state index in [-0.39, 0.29) is 36.7 Å². The van der Waals surface area contributed by atoms with Crippen LogP contribution in [0.15, 0.2) is 77.1 Å². The molecule has 0 saturated carbocycles. The Balaban J connectivity index is 1.48. The summed E-state index contributed by atoms with van der Waals surface area (Å²) in [7, 11) is 1.50. The van der Waals surface area contributed by atoms with Crippen molar-refractivity contribution in [2.45, 2.75) is 19.8 Å². The number of piperazine rings is 1. The molecule has 0 spiro atoms. The van der Waals surface area contributed by atoms with E-state index < -0.39 is 22.8 Å². The van der Waals surface area contributed by atoms with Gasteiger partial charge in [0, 0.05) is 69.0 Å². The number of dihydropyridines is 1. The molecule has 0 bridgehead atoms. The zero-order valence-corrected chi connectivity index (χ0v) is 23.6. The lowest BCUT2D eigenvalue weighted by atomic mass is 9.80. The van der Waals surface area contributed by atoms with Gasteiger partial charge in [0.1, 0.15) is 13.2 Å². The van der Waals surface area contributed by atoms with E-state index in [0.717, 1.165) is 26.2 Å². The van der Waals surface area contributed by atoms with Crippen molar-refractivity contribution < 1.29 is 28.7 Å². The first kappa shape index (κ1) is 29.8. The quantitative estimate of drug-likeness (QED) is 0.188. The third-order valence-electron chi connectivity index (χ3n) is 7.27.